The molecular formula is C22H28N4O3. The molecule has 7 nitrogen and oxygen atoms in total. The molecule has 1 atom stereocenters. The van der Waals surface area contributed by atoms with E-state index in [1.54, 1.807) is 30.5 Å². The summed E-state index contributed by atoms with van der Waals surface area (Å²) in [7, 11) is 1.51. The van der Waals surface area contributed by atoms with Crippen molar-refractivity contribution in [3.8, 4) is 5.75 Å². The van der Waals surface area contributed by atoms with Gasteiger partial charge in [-0.05, 0) is 43.0 Å². The van der Waals surface area contributed by atoms with E-state index in [9.17, 15) is 9.59 Å². The van der Waals surface area contributed by atoms with Crippen LogP contribution >= 0.6 is 0 Å². The van der Waals surface area contributed by atoms with E-state index in [-0.39, 0.29) is 17.7 Å². The predicted molar refractivity (Wildman–Crippen MR) is 113 cm³/mol. The second-order valence-electron chi connectivity index (χ2n) is 7.48. The quantitative estimate of drug-likeness (QED) is 0.751. The van der Waals surface area contributed by atoms with Crippen molar-refractivity contribution in [1.29, 1.82) is 0 Å². The summed E-state index contributed by atoms with van der Waals surface area (Å²) >= 11 is 0. The van der Waals surface area contributed by atoms with E-state index in [4.69, 9.17) is 4.74 Å². The summed E-state index contributed by atoms with van der Waals surface area (Å²) in [4.78, 5) is 32.2. The van der Waals surface area contributed by atoms with Crippen molar-refractivity contribution in [1.82, 2.24) is 10.3 Å². The van der Waals surface area contributed by atoms with Crippen molar-refractivity contribution in [3.05, 3.63) is 48.2 Å². The molecule has 3 rings (SSSR count). The largest absolute Gasteiger partial charge is 0.496 e. The molecule has 0 aliphatic carbocycles. The Labute approximate surface area is 171 Å². The second kappa shape index (κ2) is 9.41. The number of benzene rings is 1. The predicted octanol–water partition coefficient (Wildman–Crippen LogP) is 3.08. The average Bonchev–Trinajstić information content (AvgIpc) is 3.27. The standard InChI is InChI=1S/C22H28N4O3/c1-15(2)20(25-21(27)17-8-4-5-9-18(17)29-3)22(28)24-16-10-11-19(23-14-16)26-12-6-7-13-26/h4-5,8-11,14-15,20H,6-7,12-13H2,1-3H3,(H,24,28)(H,25,27). The molecule has 1 aliphatic heterocycles. The molecule has 2 N–H and O–H groups in total. The number of carbonyl (C=O) groups excluding carboxylic acids is 2. The highest BCUT2D eigenvalue weighted by molar-refractivity contribution is 6.02. The number of ether oxygens (including phenoxy) is 1. The Morgan fingerprint density at radius 1 is 1.10 bits per heavy atom. The molecular weight excluding hydrogens is 368 g/mol. The van der Waals surface area contributed by atoms with Crippen LogP contribution in [0.2, 0.25) is 0 Å². The molecule has 0 spiro atoms. The third-order valence-electron chi connectivity index (χ3n) is 5.03. The number of para-hydroxylation sites is 1. The van der Waals surface area contributed by atoms with Gasteiger partial charge in [-0.3, -0.25) is 9.59 Å². The SMILES string of the molecule is COc1ccccc1C(=O)NC(C(=O)Nc1ccc(N2CCCC2)nc1)C(C)C. The zero-order valence-electron chi connectivity index (χ0n) is 17.1. The van der Waals surface area contributed by atoms with Crippen molar-refractivity contribution >= 4 is 23.3 Å². The van der Waals surface area contributed by atoms with Crippen LogP contribution in [0.25, 0.3) is 0 Å². The fraction of sp³-hybridized carbons (Fsp3) is 0.409. The first-order valence-electron chi connectivity index (χ1n) is 9.95. The van der Waals surface area contributed by atoms with Crippen LogP contribution in [-0.2, 0) is 4.79 Å². The highest BCUT2D eigenvalue weighted by Gasteiger charge is 2.26. The van der Waals surface area contributed by atoms with Crippen LogP contribution in [0.5, 0.6) is 5.75 Å². The minimum Gasteiger partial charge on any atom is -0.496 e. The Bertz CT molecular complexity index is 845. The maximum atomic E-state index is 12.8. The van der Waals surface area contributed by atoms with Gasteiger partial charge in [-0.15, -0.1) is 0 Å². The Morgan fingerprint density at radius 2 is 1.83 bits per heavy atom. The molecule has 2 amide bonds. The Morgan fingerprint density at radius 3 is 2.45 bits per heavy atom. The van der Waals surface area contributed by atoms with Gasteiger partial charge in [-0.1, -0.05) is 26.0 Å². The summed E-state index contributed by atoms with van der Waals surface area (Å²) in [6.45, 7) is 5.81. The molecule has 2 heterocycles. The topological polar surface area (TPSA) is 83.6 Å². The maximum Gasteiger partial charge on any atom is 0.255 e. The first kappa shape index (κ1) is 20.6. The van der Waals surface area contributed by atoms with Crippen molar-refractivity contribution in [2.24, 2.45) is 5.92 Å². The van der Waals surface area contributed by atoms with Gasteiger partial charge in [0.05, 0.1) is 24.6 Å². The lowest BCUT2D eigenvalue weighted by Gasteiger charge is -2.22. The van der Waals surface area contributed by atoms with Gasteiger partial charge in [0.2, 0.25) is 5.91 Å². The van der Waals surface area contributed by atoms with Crippen molar-refractivity contribution in [2.45, 2.75) is 32.7 Å². The number of nitrogens with one attached hydrogen (secondary N) is 2. The zero-order valence-corrected chi connectivity index (χ0v) is 17.1. The van der Waals surface area contributed by atoms with E-state index in [0.29, 0.717) is 17.0 Å². The lowest BCUT2D eigenvalue weighted by atomic mass is 10.0. The van der Waals surface area contributed by atoms with E-state index in [1.807, 2.05) is 26.0 Å². The highest BCUT2D eigenvalue weighted by Crippen LogP contribution is 2.20. The number of hydrogen-bond donors (Lipinski definition) is 2. The summed E-state index contributed by atoms with van der Waals surface area (Å²) < 4.78 is 5.24. The van der Waals surface area contributed by atoms with E-state index < -0.39 is 6.04 Å². The molecule has 1 fully saturated rings. The van der Waals surface area contributed by atoms with Gasteiger partial charge in [-0.25, -0.2) is 4.98 Å². The molecule has 1 aromatic carbocycles. The first-order valence-corrected chi connectivity index (χ1v) is 9.95. The van der Waals surface area contributed by atoms with E-state index in [1.165, 1.54) is 20.0 Å². The smallest absolute Gasteiger partial charge is 0.255 e. The van der Waals surface area contributed by atoms with Gasteiger partial charge in [0, 0.05) is 13.1 Å². The number of nitrogens with zero attached hydrogens (tertiary/aromatic N) is 2. The average molecular weight is 396 g/mol. The number of aromatic nitrogens is 1. The molecule has 0 saturated carbocycles. The van der Waals surface area contributed by atoms with Crippen LogP contribution in [0, 0.1) is 5.92 Å². The van der Waals surface area contributed by atoms with Crippen LogP contribution in [-0.4, -0.2) is 43.0 Å². The van der Waals surface area contributed by atoms with Crippen LogP contribution in [0.4, 0.5) is 11.5 Å². The molecule has 2 aromatic rings. The summed E-state index contributed by atoms with van der Waals surface area (Å²) in [5.41, 5.74) is 1.00. The molecule has 0 radical (unpaired) electrons. The van der Waals surface area contributed by atoms with Gasteiger partial charge in [0.25, 0.3) is 5.91 Å². The lowest BCUT2D eigenvalue weighted by molar-refractivity contribution is -0.118. The molecule has 0 bridgehead atoms. The van der Waals surface area contributed by atoms with Crippen LogP contribution in [0.15, 0.2) is 42.6 Å². The number of rotatable bonds is 7. The zero-order chi connectivity index (χ0) is 20.8. The highest BCUT2D eigenvalue weighted by atomic mass is 16.5. The number of hydrogen-bond acceptors (Lipinski definition) is 5. The van der Waals surface area contributed by atoms with Crippen LogP contribution < -0.4 is 20.3 Å². The summed E-state index contributed by atoms with van der Waals surface area (Å²) in [6, 6.07) is 10.0. The third kappa shape index (κ3) is 5.04. The fourth-order valence-electron chi connectivity index (χ4n) is 3.40. The minimum absolute atomic E-state index is 0.0921. The Balaban J connectivity index is 1.67. The summed E-state index contributed by atoms with van der Waals surface area (Å²) in [6.07, 6.45) is 4.02. The van der Waals surface area contributed by atoms with Crippen LogP contribution in [0.1, 0.15) is 37.0 Å². The molecule has 29 heavy (non-hydrogen) atoms. The van der Waals surface area contributed by atoms with Gasteiger partial charge >= 0.3 is 0 Å². The summed E-state index contributed by atoms with van der Waals surface area (Å²) in [5.74, 6) is 0.670. The molecule has 7 heteroatoms. The van der Waals surface area contributed by atoms with Gasteiger partial charge in [-0.2, -0.15) is 0 Å². The molecule has 1 saturated heterocycles. The Hall–Kier alpha value is -3.09. The molecule has 1 aliphatic rings. The monoisotopic (exact) mass is 396 g/mol. The number of carbonyl (C=O) groups is 2. The number of anilines is 2. The fourth-order valence-corrected chi connectivity index (χ4v) is 3.40. The van der Waals surface area contributed by atoms with E-state index in [0.717, 1.165) is 18.9 Å². The number of amides is 2. The first-order chi connectivity index (χ1) is 14.0. The second-order valence-corrected chi connectivity index (χ2v) is 7.48. The van der Waals surface area contributed by atoms with Gasteiger partial charge in [0.15, 0.2) is 0 Å². The normalized spacial score (nSPS) is 14.6. The van der Waals surface area contributed by atoms with Gasteiger partial charge in [0.1, 0.15) is 17.6 Å². The van der Waals surface area contributed by atoms with Crippen LogP contribution in [0.3, 0.4) is 0 Å². The minimum atomic E-state index is -0.689. The van der Waals surface area contributed by atoms with E-state index >= 15 is 0 Å². The maximum absolute atomic E-state index is 12.8. The summed E-state index contributed by atoms with van der Waals surface area (Å²) in [5, 5.41) is 5.68. The van der Waals surface area contributed by atoms with Gasteiger partial charge < -0.3 is 20.3 Å². The number of pyridine rings is 1. The van der Waals surface area contributed by atoms with E-state index in [2.05, 4.69) is 20.5 Å². The number of methoxy groups -OCH3 is 1. The molecule has 154 valence electrons. The third-order valence-corrected chi connectivity index (χ3v) is 5.03. The lowest BCUT2D eigenvalue weighted by Crippen LogP contribution is -2.47. The van der Waals surface area contributed by atoms with Crippen molar-refractivity contribution < 1.29 is 14.3 Å². The van der Waals surface area contributed by atoms with Crippen molar-refractivity contribution in [2.75, 3.05) is 30.4 Å². The Kier molecular flexibility index (Phi) is 6.69. The molecule has 1 aromatic heterocycles. The van der Waals surface area contributed by atoms with Crippen molar-refractivity contribution in [3.63, 3.8) is 0 Å². The molecule has 1 unspecified atom stereocenters.